The normalized spacial score (nSPS) is 14.5. The Labute approximate surface area is 178 Å². The Kier molecular flexibility index (Phi) is 7.33. The lowest BCUT2D eigenvalue weighted by Gasteiger charge is -2.30. The number of amides is 2. The van der Waals surface area contributed by atoms with E-state index < -0.39 is 0 Å². The van der Waals surface area contributed by atoms with Crippen molar-refractivity contribution in [3.8, 4) is 5.75 Å². The van der Waals surface area contributed by atoms with Crippen LogP contribution in [0.1, 0.15) is 44.0 Å². The van der Waals surface area contributed by atoms with Crippen molar-refractivity contribution in [3.05, 3.63) is 54.1 Å². The van der Waals surface area contributed by atoms with Crippen molar-refractivity contribution in [2.45, 2.75) is 39.7 Å². The lowest BCUT2D eigenvalue weighted by Crippen LogP contribution is -2.37. The smallest absolute Gasteiger partial charge is 0.253 e. The maximum absolute atomic E-state index is 12.8. The fourth-order valence-electron chi connectivity index (χ4n) is 3.46. The van der Waals surface area contributed by atoms with Gasteiger partial charge in [0, 0.05) is 24.3 Å². The minimum Gasteiger partial charge on any atom is -0.489 e. The third-order valence-corrected chi connectivity index (χ3v) is 5.16. The van der Waals surface area contributed by atoms with Crippen LogP contribution in [-0.4, -0.2) is 42.5 Å². The molecule has 3 rings (SSSR count). The lowest BCUT2D eigenvalue weighted by atomic mass is 9.98. The van der Waals surface area contributed by atoms with Crippen LogP contribution in [0.15, 0.2) is 48.5 Å². The van der Waals surface area contributed by atoms with Crippen LogP contribution in [0.25, 0.3) is 0 Å². The largest absolute Gasteiger partial charge is 0.489 e. The first-order valence-electron chi connectivity index (χ1n) is 10.6. The maximum atomic E-state index is 12.8. The maximum Gasteiger partial charge on any atom is 0.253 e. The SMILES string of the molecule is CC1CCN(C(=O)c2cccc(NCC(=O)Nc3ccccc3OC(C)C)c2)CC1. The van der Waals surface area contributed by atoms with Crippen LogP contribution in [0.2, 0.25) is 0 Å². The second-order valence-corrected chi connectivity index (χ2v) is 8.12. The summed E-state index contributed by atoms with van der Waals surface area (Å²) < 4.78 is 5.74. The predicted molar refractivity (Wildman–Crippen MR) is 120 cm³/mol. The molecule has 1 fully saturated rings. The van der Waals surface area contributed by atoms with E-state index in [1.807, 2.05) is 67.3 Å². The van der Waals surface area contributed by atoms with Crippen molar-refractivity contribution in [3.63, 3.8) is 0 Å². The molecule has 1 heterocycles. The Bertz CT molecular complexity index is 874. The molecule has 30 heavy (non-hydrogen) atoms. The molecule has 0 unspecified atom stereocenters. The number of anilines is 2. The number of nitrogens with zero attached hydrogens (tertiary/aromatic N) is 1. The van der Waals surface area contributed by atoms with Gasteiger partial charge in [0.15, 0.2) is 0 Å². The zero-order chi connectivity index (χ0) is 21.5. The van der Waals surface area contributed by atoms with Crippen LogP contribution in [0.3, 0.4) is 0 Å². The van der Waals surface area contributed by atoms with Gasteiger partial charge < -0.3 is 20.3 Å². The van der Waals surface area contributed by atoms with E-state index in [9.17, 15) is 9.59 Å². The highest BCUT2D eigenvalue weighted by atomic mass is 16.5. The molecule has 0 saturated carbocycles. The van der Waals surface area contributed by atoms with Crippen molar-refractivity contribution in [1.82, 2.24) is 4.90 Å². The lowest BCUT2D eigenvalue weighted by molar-refractivity contribution is -0.114. The summed E-state index contributed by atoms with van der Waals surface area (Å²) in [5, 5.41) is 5.98. The zero-order valence-electron chi connectivity index (χ0n) is 18.0. The third-order valence-electron chi connectivity index (χ3n) is 5.16. The second-order valence-electron chi connectivity index (χ2n) is 8.12. The van der Waals surface area contributed by atoms with E-state index in [0.717, 1.165) is 31.6 Å². The predicted octanol–water partition coefficient (Wildman–Crippen LogP) is 4.40. The molecular formula is C24H31N3O3. The van der Waals surface area contributed by atoms with Crippen LogP contribution < -0.4 is 15.4 Å². The second kappa shape index (κ2) is 10.1. The van der Waals surface area contributed by atoms with Crippen molar-refractivity contribution in [1.29, 1.82) is 0 Å². The Morgan fingerprint density at radius 1 is 1.10 bits per heavy atom. The van der Waals surface area contributed by atoms with Gasteiger partial charge in [-0.05, 0) is 62.9 Å². The van der Waals surface area contributed by atoms with Gasteiger partial charge in [0.05, 0.1) is 18.3 Å². The molecule has 2 aromatic carbocycles. The van der Waals surface area contributed by atoms with Gasteiger partial charge in [-0.15, -0.1) is 0 Å². The molecule has 1 aliphatic heterocycles. The average Bonchev–Trinajstić information content (AvgIpc) is 2.73. The third kappa shape index (κ3) is 5.99. The number of carbonyl (C=O) groups excluding carboxylic acids is 2. The minimum absolute atomic E-state index is 0.0181. The highest BCUT2D eigenvalue weighted by molar-refractivity contribution is 5.96. The number of carbonyl (C=O) groups is 2. The highest BCUT2D eigenvalue weighted by Crippen LogP contribution is 2.25. The van der Waals surface area contributed by atoms with Crippen LogP contribution >= 0.6 is 0 Å². The van der Waals surface area contributed by atoms with E-state index >= 15 is 0 Å². The van der Waals surface area contributed by atoms with Gasteiger partial charge in [-0.3, -0.25) is 9.59 Å². The Morgan fingerprint density at radius 2 is 1.83 bits per heavy atom. The first kappa shape index (κ1) is 21.7. The molecule has 1 aliphatic rings. The summed E-state index contributed by atoms with van der Waals surface area (Å²) in [6.07, 6.45) is 2.11. The summed E-state index contributed by atoms with van der Waals surface area (Å²) in [5.41, 5.74) is 2.03. The summed E-state index contributed by atoms with van der Waals surface area (Å²) in [4.78, 5) is 27.1. The standard InChI is InChI=1S/C24H31N3O3/c1-17(2)30-22-10-5-4-9-21(22)26-23(28)16-25-20-8-6-7-19(15-20)24(29)27-13-11-18(3)12-14-27/h4-10,15,17-18,25H,11-14,16H2,1-3H3,(H,26,28). The van der Waals surface area contributed by atoms with Gasteiger partial charge in [-0.2, -0.15) is 0 Å². The Balaban J connectivity index is 1.57. The Hall–Kier alpha value is -3.02. The molecule has 6 heteroatoms. The minimum atomic E-state index is -0.184. The van der Waals surface area contributed by atoms with Gasteiger partial charge >= 0.3 is 0 Å². The number of likely N-dealkylation sites (tertiary alicyclic amines) is 1. The number of para-hydroxylation sites is 2. The molecule has 0 aromatic heterocycles. The van der Waals surface area contributed by atoms with E-state index in [0.29, 0.717) is 22.9 Å². The monoisotopic (exact) mass is 409 g/mol. The summed E-state index contributed by atoms with van der Waals surface area (Å²) in [7, 11) is 0. The molecule has 1 saturated heterocycles. The van der Waals surface area contributed by atoms with Gasteiger partial charge in [0.1, 0.15) is 5.75 Å². The molecule has 0 atom stereocenters. The molecule has 2 aromatic rings. The summed E-state index contributed by atoms with van der Waals surface area (Å²) in [6.45, 7) is 7.81. The zero-order valence-corrected chi connectivity index (χ0v) is 18.0. The number of benzene rings is 2. The quantitative estimate of drug-likeness (QED) is 0.711. The number of piperidine rings is 1. The van der Waals surface area contributed by atoms with Crippen LogP contribution in [-0.2, 0) is 4.79 Å². The molecule has 2 amide bonds. The molecule has 0 radical (unpaired) electrons. The van der Waals surface area contributed by atoms with Crippen LogP contribution in [0.4, 0.5) is 11.4 Å². The molecule has 160 valence electrons. The van der Waals surface area contributed by atoms with Crippen molar-refractivity contribution >= 4 is 23.2 Å². The number of nitrogens with one attached hydrogen (secondary N) is 2. The van der Waals surface area contributed by atoms with E-state index in [4.69, 9.17) is 4.74 Å². The van der Waals surface area contributed by atoms with Gasteiger partial charge in [0.25, 0.3) is 5.91 Å². The number of hydrogen-bond donors (Lipinski definition) is 2. The fourth-order valence-corrected chi connectivity index (χ4v) is 3.46. The highest BCUT2D eigenvalue weighted by Gasteiger charge is 2.21. The summed E-state index contributed by atoms with van der Waals surface area (Å²) in [5.74, 6) is 1.19. The molecule has 0 aliphatic carbocycles. The summed E-state index contributed by atoms with van der Waals surface area (Å²) >= 11 is 0. The molecule has 0 bridgehead atoms. The number of rotatable bonds is 7. The molecule has 2 N–H and O–H groups in total. The van der Waals surface area contributed by atoms with Gasteiger partial charge in [-0.25, -0.2) is 0 Å². The molecular weight excluding hydrogens is 378 g/mol. The fraction of sp³-hybridized carbons (Fsp3) is 0.417. The van der Waals surface area contributed by atoms with Crippen LogP contribution in [0, 0.1) is 5.92 Å². The van der Waals surface area contributed by atoms with E-state index in [1.165, 1.54) is 0 Å². The average molecular weight is 410 g/mol. The van der Waals surface area contributed by atoms with E-state index in [-0.39, 0.29) is 24.5 Å². The van der Waals surface area contributed by atoms with Crippen molar-refractivity contribution in [2.24, 2.45) is 5.92 Å². The van der Waals surface area contributed by atoms with Crippen molar-refractivity contribution in [2.75, 3.05) is 30.3 Å². The summed E-state index contributed by atoms with van der Waals surface area (Å²) in [6, 6.07) is 14.7. The van der Waals surface area contributed by atoms with Gasteiger partial charge in [0.2, 0.25) is 5.91 Å². The number of hydrogen-bond acceptors (Lipinski definition) is 4. The topological polar surface area (TPSA) is 70.7 Å². The Morgan fingerprint density at radius 3 is 2.57 bits per heavy atom. The first-order valence-corrected chi connectivity index (χ1v) is 10.6. The molecule has 0 spiro atoms. The van der Waals surface area contributed by atoms with E-state index in [2.05, 4.69) is 17.6 Å². The number of ether oxygens (including phenoxy) is 1. The first-order chi connectivity index (χ1) is 14.4. The van der Waals surface area contributed by atoms with Crippen molar-refractivity contribution < 1.29 is 14.3 Å². The van der Waals surface area contributed by atoms with E-state index in [1.54, 1.807) is 0 Å². The van der Waals surface area contributed by atoms with Gasteiger partial charge in [-0.1, -0.05) is 25.1 Å². The van der Waals surface area contributed by atoms with Crippen LogP contribution in [0.5, 0.6) is 5.75 Å². The molecule has 6 nitrogen and oxygen atoms in total.